The smallest absolute Gasteiger partial charge is 0.306 e. The summed E-state index contributed by atoms with van der Waals surface area (Å²) in [6.45, 7) is 6.50. The first kappa shape index (κ1) is 64.8. The highest BCUT2D eigenvalue weighted by atomic mass is 16.6. The van der Waals surface area contributed by atoms with Crippen LogP contribution in [0.15, 0.2) is 72.9 Å². The molecule has 0 bridgehead atoms. The van der Waals surface area contributed by atoms with Crippen LogP contribution in [-0.2, 0) is 28.6 Å². The van der Waals surface area contributed by atoms with E-state index in [1.807, 2.05) is 0 Å². The number of esters is 3. The van der Waals surface area contributed by atoms with E-state index in [9.17, 15) is 14.4 Å². The van der Waals surface area contributed by atoms with E-state index >= 15 is 0 Å². The fraction of sp³-hybridized carbons (Fsp3) is 0.758. The normalized spacial score (nSPS) is 12.6. The molecule has 0 saturated carbocycles. The highest BCUT2D eigenvalue weighted by Crippen LogP contribution is 2.16. The van der Waals surface area contributed by atoms with Gasteiger partial charge in [-0.3, -0.25) is 14.4 Å². The molecule has 0 N–H and O–H groups in total. The summed E-state index contributed by atoms with van der Waals surface area (Å²) in [5.41, 5.74) is 0. The molecule has 0 saturated heterocycles. The molecule has 0 aromatic heterocycles. The van der Waals surface area contributed by atoms with Gasteiger partial charge in [0.05, 0.1) is 0 Å². The summed E-state index contributed by atoms with van der Waals surface area (Å²) in [6, 6.07) is 0. The Kier molecular flexibility index (Phi) is 53.8. The van der Waals surface area contributed by atoms with E-state index in [1.165, 1.54) is 128 Å². The number of allylic oxidation sites excluding steroid dienone is 12. The Balaban J connectivity index is 4.41. The molecule has 0 radical (unpaired) electrons. The van der Waals surface area contributed by atoms with Crippen LogP contribution in [0.2, 0.25) is 0 Å². The van der Waals surface area contributed by atoms with Crippen molar-refractivity contribution < 1.29 is 28.6 Å². The van der Waals surface area contributed by atoms with Gasteiger partial charge in [0.25, 0.3) is 0 Å². The molecule has 0 fully saturated rings. The first-order chi connectivity index (χ1) is 33.5. The molecule has 6 nitrogen and oxygen atoms in total. The van der Waals surface area contributed by atoms with Crippen molar-refractivity contribution in [3.8, 4) is 0 Å². The number of carbonyl (C=O) groups excluding carboxylic acids is 3. The number of ether oxygens (including phenoxy) is 3. The van der Waals surface area contributed by atoms with E-state index in [4.69, 9.17) is 14.2 Å². The predicted octanol–water partition coefficient (Wildman–Crippen LogP) is 19.4. The van der Waals surface area contributed by atoms with Crippen LogP contribution in [0.4, 0.5) is 0 Å². The van der Waals surface area contributed by atoms with Crippen LogP contribution in [-0.4, -0.2) is 37.2 Å². The van der Waals surface area contributed by atoms with Crippen molar-refractivity contribution in [1.82, 2.24) is 0 Å². The molecule has 0 aliphatic heterocycles. The van der Waals surface area contributed by atoms with Gasteiger partial charge in [0.1, 0.15) is 13.2 Å². The van der Waals surface area contributed by atoms with Crippen molar-refractivity contribution in [3.63, 3.8) is 0 Å². The molecule has 0 aliphatic carbocycles. The molecule has 0 aliphatic rings. The molecule has 0 aromatic carbocycles. The van der Waals surface area contributed by atoms with E-state index in [-0.39, 0.29) is 31.1 Å². The number of hydrogen-bond acceptors (Lipinski definition) is 6. The summed E-state index contributed by atoms with van der Waals surface area (Å²) in [5.74, 6) is -0.904. The zero-order valence-corrected chi connectivity index (χ0v) is 44.9. The Bertz CT molecular complexity index is 1270. The Morgan fingerprint density at radius 2 is 0.574 bits per heavy atom. The maximum atomic E-state index is 12.9. The SMILES string of the molecule is CC/C=C\C/C=C\C/C=C\CCCCCCCC(=O)OCC(COC(=O)CCCCCCCC/C=C\C/C=C\C/C=C\CCCCC)OC(=O)CCCCCCCCCCCCCCCCCC. The first-order valence-electron chi connectivity index (χ1n) is 28.9. The molecule has 0 rings (SSSR count). The van der Waals surface area contributed by atoms with Crippen LogP contribution in [0.1, 0.15) is 284 Å². The summed E-state index contributed by atoms with van der Waals surface area (Å²) in [7, 11) is 0. The lowest BCUT2D eigenvalue weighted by Crippen LogP contribution is -2.30. The van der Waals surface area contributed by atoms with Gasteiger partial charge in [0.15, 0.2) is 6.10 Å². The number of carbonyl (C=O) groups is 3. The molecule has 0 spiro atoms. The van der Waals surface area contributed by atoms with Gasteiger partial charge in [-0.2, -0.15) is 0 Å². The quantitative estimate of drug-likeness (QED) is 0.0262. The average molecular weight is 950 g/mol. The minimum atomic E-state index is -0.787. The van der Waals surface area contributed by atoms with Crippen LogP contribution < -0.4 is 0 Å². The summed E-state index contributed by atoms with van der Waals surface area (Å²) in [5, 5.41) is 0. The number of hydrogen-bond donors (Lipinski definition) is 0. The van der Waals surface area contributed by atoms with Crippen LogP contribution in [0, 0.1) is 0 Å². The minimum Gasteiger partial charge on any atom is -0.462 e. The molecule has 1 atom stereocenters. The van der Waals surface area contributed by atoms with Gasteiger partial charge in [-0.05, 0) is 89.9 Å². The lowest BCUT2D eigenvalue weighted by molar-refractivity contribution is -0.167. The Labute approximate surface area is 421 Å². The fourth-order valence-corrected chi connectivity index (χ4v) is 8.11. The topological polar surface area (TPSA) is 78.9 Å². The number of unbranched alkanes of at least 4 members (excludes halogenated alkanes) is 29. The highest BCUT2D eigenvalue weighted by molar-refractivity contribution is 5.71. The standard InChI is InChI=1S/C62H108O6/c1-4-7-10-13-16-19-22-25-28-30-31-32-35-37-40-43-46-49-52-55-61(64)67-58-59(57-66-60(63)54-51-48-45-42-39-36-33-27-24-21-18-15-12-9-6-3)68-62(65)56-53-50-47-44-41-38-34-29-26-23-20-17-14-11-8-5-2/h9,12,16,18-19,21,25,27-28,31-33,59H,4-8,10-11,13-15,17,20,22-24,26,29-30,34-58H2,1-3H3/b12-9-,19-16-,21-18-,28-25-,32-31-,33-27-. The third kappa shape index (κ3) is 53.8. The average Bonchev–Trinajstić information content (AvgIpc) is 3.34. The van der Waals surface area contributed by atoms with Crippen molar-refractivity contribution in [1.29, 1.82) is 0 Å². The second-order valence-electron chi connectivity index (χ2n) is 19.2. The summed E-state index contributed by atoms with van der Waals surface area (Å²) < 4.78 is 16.9. The molecule has 0 heterocycles. The van der Waals surface area contributed by atoms with Crippen molar-refractivity contribution in [3.05, 3.63) is 72.9 Å². The van der Waals surface area contributed by atoms with E-state index in [2.05, 4.69) is 93.7 Å². The van der Waals surface area contributed by atoms with Gasteiger partial charge >= 0.3 is 17.9 Å². The highest BCUT2D eigenvalue weighted by Gasteiger charge is 2.19. The van der Waals surface area contributed by atoms with Gasteiger partial charge in [-0.1, -0.05) is 248 Å². The second-order valence-corrected chi connectivity index (χ2v) is 19.2. The second kappa shape index (κ2) is 56.4. The molecule has 0 aromatic rings. The van der Waals surface area contributed by atoms with Crippen LogP contribution in [0.5, 0.6) is 0 Å². The van der Waals surface area contributed by atoms with Crippen LogP contribution >= 0.6 is 0 Å². The largest absolute Gasteiger partial charge is 0.462 e. The van der Waals surface area contributed by atoms with Crippen molar-refractivity contribution in [2.75, 3.05) is 13.2 Å². The Hall–Kier alpha value is -3.15. The zero-order chi connectivity index (χ0) is 49.3. The zero-order valence-electron chi connectivity index (χ0n) is 44.9. The van der Waals surface area contributed by atoms with Crippen LogP contribution in [0.3, 0.4) is 0 Å². The van der Waals surface area contributed by atoms with Gasteiger partial charge in [-0.25, -0.2) is 0 Å². The lowest BCUT2D eigenvalue weighted by Gasteiger charge is -2.18. The van der Waals surface area contributed by atoms with E-state index in [1.54, 1.807) is 0 Å². The van der Waals surface area contributed by atoms with Crippen molar-refractivity contribution in [2.24, 2.45) is 0 Å². The first-order valence-corrected chi connectivity index (χ1v) is 28.9. The van der Waals surface area contributed by atoms with Gasteiger partial charge in [-0.15, -0.1) is 0 Å². The maximum Gasteiger partial charge on any atom is 0.306 e. The molecular formula is C62H108O6. The summed E-state index contributed by atoms with van der Waals surface area (Å²) in [6.07, 6.45) is 71.7. The van der Waals surface area contributed by atoms with Crippen LogP contribution in [0.25, 0.3) is 0 Å². The van der Waals surface area contributed by atoms with Crippen molar-refractivity contribution >= 4 is 17.9 Å². The summed E-state index contributed by atoms with van der Waals surface area (Å²) in [4.78, 5) is 38.2. The molecule has 6 heteroatoms. The van der Waals surface area contributed by atoms with Gasteiger partial charge in [0.2, 0.25) is 0 Å². The van der Waals surface area contributed by atoms with E-state index in [0.717, 1.165) is 116 Å². The third-order valence-corrected chi connectivity index (χ3v) is 12.4. The Morgan fingerprint density at radius 1 is 0.309 bits per heavy atom. The monoisotopic (exact) mass is 949 g/mol. The van der Waals surface area contributed by atoms with E-state index in [0.29, 0.717) is 19.3 Å². The molecule has 392 valence electrons. The minimum absolute atomic E-state index is 0.0860. The molecule has 68 heavy (non-hydrogen) atoms. The predicted molar refractivity (Wildman–Crippen MR) is 293 cm³/mol. The summed E-state index contributed by atoms with van der Waals surface area (Å²) >= 11 is 0. The third-order valence-electron chi connectivity index (χ3n) is 12.4. The fourth-order valence-electron chi connectivity index (χ4n) is 8.11. The molecular weight excluding hydrogens is 841 g/mol. The van der Waals surface area contributed by atoms with Gasteiger partial charge < -0.3 is 14.2 Å². The van der Waals surface area contributed by atoms with Gasteiger partial charge in [0, 0.05) is 19.3 Å². The lowest BCUT2D eigenvalue weighted by atomic mass is 10.0. The molecule has 1 unspecified atom stereocenters. The Morgan fingerprint density at radius 3 is 0.926 bits per heavy atom. The maximum absolute atomic E-state index is 12.9. The molecule has 0 amide bonds. The number of rotatable bonds is 52. The van der Waals surface area contributed by atoms with Crippen molar-refractivity contribution in [2.45, 2.75) is 290 Å². The van der Waals surface area contributed by atoms with E-state index < -0.39 is 6.10 Å².